The van der Waals surface area contributed by atoms with Gasteiger partial charge in [-0.05, 0) is 45.8 Å². The molecule has 0 unspecified atom stereocenters. The lowest BCUT2D eigenvalue weighted by molar-refractivity contribution is 0.354. The van der Waals surface area contributed by atoms with Gasteiger partial charge < -0.3 is 14.6 Å². The zero-order chi connectivity index (χ0) is 13.1. The number of rotatable bonds is 3. The smallest absolute Gasteiger partial charge is 0.175 e. The molecule has 0 bridgehead atoms. The third kappa shape index (κ3) is 2.29. The molecule has 0 saturated carbocycles. The normalized spacial score (nSPS) is 10.2. The van der Waals surface area contributed by atoms with Gasteiger partial charge in [-0.1, -0.05) is 12.1 Å². The summed E-state index contributed by atoms with van der Waals surface area (Å²) in [5, 5.41) is 9.31. The van der Waals surface area contributed by atoms with Crippen molar-refractivity contribution in [1.29, 1.82) is 0 Å². The average Bonchev–Trinajstić information content (AvgIpc) is 2.39. The van der Waals surface area contributed by atoms with Crippen LogP contribution in [0.5, 0.6) is 17.2 Å². The van der Waals surface area contributed by atoms with Crippen LogP contribution in [0, 0.1) is 0 Å². The monoisotopic (exact) mass is 308 g/mol. The average molecular weight is 309 g/mol. The second kappa shape index (κ2) is 5.31. The minimum absolute atomic E-state index is 0.238. The van der Waals surface area contributed by atoms with Crippen LogP contribution in [-0.4, -0.2) is 19.3 Å². The molecular formula is C14H13BrO3. The van der Waals surface area contributed by atoms with Gasteiger partial charge >= 0.3 is 0 Å². The van der Waals surface area contributed by atoms with E-state index in [9.17, 15) is 5.11 Å². The summed E-state index contributed by atoms with van der Waals surface area (Å²) in [6, 6.07) is 10.8. The molecule has 0 radical (unpaired) electrons. The molecule has 0 amide bonds. The molecule has 0 aliphatic heterocycles. The standard InChI is InChI=1S/C14H13BrO3/c1-17-13-11(7-8-12(15)14(13)18-2)9-3-5-10(16)6-4-9/h3-8,16H,1-2H3. The second-order valence-electron chi connectivity index (χ2n) is 3.71. The Morgan fingerprint density at radius 2 is 1.50 bits per heavy atom. The maximum Gasteiger partial charge on any atom is 0.175 e. The fraction of sp³-hybridized carbons (Fsp3) is 0.143. The number of phenolic OH excluding ortho intramolecular Hbond substituents is 1. The van der Waals surface area contributed by atoms with Crippen molar-refractivity contribution in [3.63, 3.8) is 0 Å². The fourth-order valence-corrected chi connectivity index (χ4v) is 2.27. The van der Waals surface area contributed by atoms with E-state index in [0.717, 1.165) is 15.6 Å². The maximum absolute atomic E-state index is 9.31. The Kier molecular flexibility index (Phi) is 3.77. The van der Waals surface area contributed by atoms with E-state index in [1.165, 1.54) is 0 Å². The lowest BCUT2D eigenvalue weighted by Gasteiger charge is -2.14. The van der Waals surface area contributed by atoms with Crippen molar-refractivity contribution in [2.75, 3.05) is 14.2 Å². The van der Waals surface area contributed by atoms with Crippen molar-refractivity contribution in [3.05, 3.63) is 40.9 Å². The Morgan fingerprint density at radius 3 is 2.06 bits per heavy atom. The summed E-state index contributed by atoms with van der Waals surface area (Å²) in [5.74, 6) is 1.56. The minimum atomic E-state index is 0.238. The van der Waals surface area contributed by atoms with Crippen molar-refractivity contribution in [2.24, 2.45) is 0 Å². The molecule has 3 nitrogen and oxygen atoms in total. The van der Waals surface area contributed by atoms with Crippen LogP contribution in [0.25, 0.3) is 11.1 Å². The van der Waals surface area contributed by atoms with Crippen molar-refractivity contribution < 1.29 is 14.6 Å². The highest BCUT2D eigenvalue weighted by Crippen LogP contribution is 2.42. The fourth-order valence-electron chi connectivity index (χ4n) is 1.80. The number of ether oxygens (including phenoxy) is 2. The Morgan fingerprint density at radius 1 is 0.889 bits per heavy atom. The van der Waals surface area contributed by atoms with Crippen molar-refractivity contribution in [3.8, 4) is 28.4 Å². The molecule has 18 heavy (non-hydrogen) atoms. The molecule has 0 fully saturated rings. The van der Waals surface area contributed by atoms with E-state index in [2.05, 4.69) is 15.9 Å². The molecule has 2 aromatic carbocycles. The number of hydrogen-bond donors (Lipinski definition) is 1. The summed E-state index contributed by atoms with van der Waals surface area (Å²) in [7, 11) is 3.21. The zero-order valence-electron chi connectivity index (χ0n) is 10.1. The summed E-state index contributed by atoms with van der Waals surface area (Å²) in [6.45, 7) is 0. The summed E-state index contributed by atoms with van der Waals surface area (Å²) < 4.78 is 11.6. The van der Waals surface area contributed by atoms with E-state index < -0.39 is 0 Å². The topological polar surface area (TPSA) is 38.7 Å². The molecule has 2 aromatic rings. The Hall–Kier alpha value is -1.68. The van der Waals surface area contributed by atoms with E-state index in [1.807, 2.05) is 24.3 Å². The van der Waals surface area contributed by atoms with E-state index in [-0.39, 0.29) is 5.75 Å². The summed E-state index contributed by atoms with van der Waals surface area (Å²) >= 11 is 3.42. The summed E-state index contributed by atoms with van der Waals surface area (Å²) in [5.41, 5.74) is 1.87. The highest BCUT2D eigenvalue weighted by atomic mass is 79.9. The van der Waals surface area contributed by atoms with Gasteiger partial charge in [0.05, 0.1) is 18.7 Å². The summed E-state index contributed by atoms with van der Waals surface area (Å²) in [6.07, 6.45) is 0. The van der Waals surface area contributed by atoms with Crippen molar-refractivity contribution in [2.45, 2.75) is 0 Å². The number of halogens is 1. The van der Waals surface area contributed by atoms with E-state index in [1.54, 1.807) is 26.4 Å². The first-order valence-electron chi connectivity index (χ1n) is 5.37. The van der Waals surface area contributed by atoms with Crippen LogP contribution in [0.2, 0.25) is 0 Å². The first-order valence-corrected chi connectivity index (χ1v) is 6.16. The number of benzene rings is 2. The van der Waals surface area contributed by atoms with Gasteiger partial charge in [0, 0.05) is 5.56 Å². The lowest BCUT2D eigenvalue weighted by Crippen LogP contribution is -1.94. The Balaban J connectivity index is 2.60. The van der Waals surface area contributed by atoms with Crippen molar-refractivity contribution >= 4 is 15.9 Å². The van der Waals surface area contributed by atoms with Gasteiger partial charge in [0.25, 0.3) is 0 Å². The highest BCUT2D eigenvalue weighted by Gasteiger charge is 2.14. The Bertz CT molecular complexity index is 550. The van der Waals surface area contributed by atoms with Crippen LogP contribution in [0.1, 0.15) is 0 Å². The zero-order valence-corrected chi connectivity index (χ0v) is 11.7. The predicted octanol–water partition coefficient (Wildman–Crippen LogP) is 3.84. The number of phenols is 1. The molecule has 0 aliphatic rings. The highest BCUT2D eigenvalue weighted by molar-refractivity contribution is 9.10. The van der Waals surface area contributed by atoms with Gasteiger partial charge in [0.1, 0.15) is 5.75 Å². The van der Waals surface area contributed by atoms with Crippen molar-refractivity contribution in [1.82, 2.24) is 0 Å². The molecule has 0 spiro atoms. The molecule has 0 aliphatic carbocycles. The van der Waals surface area contributed by atoms with Gasteiger partial charge in [-0.3, -0.25) is 0 Å². The number of methoxy groups -OCH3 is 2. The minimum Gasteiger partial charge on any atom is -0.508 e. The molecule has 4 heteroatoms. The second-order valence-corrected chi connectivity index (χ2v) is 4.56. The van der Waals surface area contributed by atoms with E-state index >= 15 is 0 Å². The summed E-state index contributed by atoms with van der Waals surface area (Å²) in [4.78, 5) is 0. The van der Waals surface area contributed by atoms with Gasteiger partial charge in [-0.2, -0.15) is 0 Å². The first-order chi connectivity index (χ1) is 8.67. The number of hydrogen-bond acceptors (Lipinski definition) is 3. The van der Waals surface area contributed by atoms with Crippen LogP contribution in [0.15, 0.2) is 40.9 Å². The molecule has 0 saturated heterocycles. The molecule has 0 heterocycles. The van der Waals surface area contributed by atoms with Gasteiger partial charge in [-0.25, -0.2) is 0 Å². The van der Waals surface area contributed by atoms with Crippen LogP contribution in [0.4, 0.5) is 0 Å². The van der Waals surface area contributed by atoms with Gasteiger partial charge in [-0.15, -0.1) is 0 Å². The predicted molar refractivity (Wildman–Crippen MR) is 74.3 cm³/mol. The van der Waals surface area contributed by atoms with E-state index in [4.69, 9.17) is 9.47 Å². The molecule has 0 atom stereocenters. The molecular weight excluding hydrogens is 296 g/mol. The van der Waals surface area contributed by atoms with Gasteiger partial charge in [0.2, 0.25) is 0 Å². The third-order valence-corrected chi connectivity index (χ3v) is 3.28. The first kappa shape index (κ1) is 12.8. The van der Waals surface area contributed by atoms with Crippen LogP contribution >= 0.6 is 15.9 Å². The quantitative estimate of drug-likeness (QED) is 0.936. The number of aromatic hydroxyl groups is 1. The molecule has 2 rings (SSSR count). The lowest BCUT2D eigenvalue weighted by atomic mass is 10.0. The van der Waals surface area contributed by atoms with Crippen LogP contribution in [-0.2, 0) is 0 Å². The molecule has 94 valence electrons. The van der Waals surface area contributed by atoms with Crippen LogP contribution < -0.4 is 9.47 Å². The maximum atomic E-state index is 9.31. The van der Waals surface area contributed by atoms with Gasteiger partial charge in [0.15, 0.2) is 11.5 Å². The largest absolute Gasteiger partial charge is 0.508 e. The molecule has 0 aromatic heterocycles. The molecule has 1 N–H and O–H groups in total. The Labute approximate surface area is 114 Å². The SMILES string of the molecule is COc1c(Br)ccc(-c2ccc(O)cc2)c1OC. The van der Waals surface area contributed by atoms with E-state index in [0.29, 0.717) is 11.5 Å². The third-order valence-electron chi connectivity index (χ3n) is 2.65. The van der Waals surface area contributed by atoms with Crippen LogP contribution in [0.3, 0.4) is 0 Å².